The van der Waals surface area contributed by atoms with Gasteiger partial charge < -0.3 is 15.3 Å². The van der Waals surface area contributed by atoms with E-state index in [0.717, 1.165) is 0 Å². The minimum Gasteiger partial charge on any atom is -0.480 e. The van der Waals surface area contributed by atoms with Gasteiger partial charge in [0.2, 0.25) is 0 Å². The average molecular weight is 272 g/mol. The molecule has 0 aliphatic rings. The van der Waals surface area contributed by atoms with Gasteiger partial charge in [0.05, 0.1) is 5.75 Å². The van der Waals surface area contributed by atoms with E-state index in [4.69, 9.17) is 11.5 Å². The lowest BCUT2D eigenvalue weighted by molar-refractivity contribution is -0.138. The predicted molar refractivity (Wildman–Crippen MR) is 73.7 cm³/mol. The van der Waals surface area contributed by atoms with Crippen molar-refractivity contribution in [2.24, 2.45) is 0 Å². The molecule has 0 heterocycles. The summed E-state index contributed by atoms with van der Waals surface area (Å²) in [4.78, 5) is 23.9. The molecule has 0 aliphatic carbocycles. The molecule has 0 aliphatic heterocycles. The molecule has 0 fully saturated rings. The Bertz CT molecular complexity index is 331. The van der Waals surface area contributed by atoms with Crippen LogP contribution in [0.3, 0.4) is 0 Å². The SMILES string of the molecule is C#CCSCCNC(=O)N(CC(=O)O)C(C)(C)C. The van der Waals surface area contributed by atoms with Crippen molar-refractivity contribution in [3.8, 4) is 12.3 Å². The molecule has 0 unspecified atom stereocenters. The molecule has 0 bridgehead atoms. The zero-order chi connectivity index (χ0) is 14.2. The highest BCUT2D eigenvalue weighted by atomic mass is 32.2. The minimum absolute atomic E-state index is 0.313. The third kappa shape index (κ3) is 7.07. The van der Waals surface area contributed by atoms with Crippen LogP contribution in [-0.2, 0) is 4.79 Å². The molecule has 0 saturated heterocycles. The second-order valence-electron chi connectivity index (χ2n) is 4.64. The number of hydrogen-bond donors (Lipinski definition) is 2. The maximum Gasteiger partial charge on any atom is 0.323 e. The molecule has 0 radical (unpaired) electrons. The molecule has 0 rings (SSSR count). The molecule has 0 aromatic rings. The summed E-state index contributed by atoms with van der Waals surface area (Å²) >= 11 is 1.54. The molecule has 0 saturated carbocycles. The van der Waals surface area contributed by atoms with Gasteiger partial charge in [-0.3, -0.25) is 4.79 Å². The van der Waals surface area contributed by atoms with Gasteiger partial charge in [0.15, 0.2) is 0 Å². The summed E-state index contributed by atoms with van der Waals surface area (Å²) in [7, 11) is 0. The quantitative estimate of drug-likeness (QED) is 0.564. The number of rotatable bonds is 6. The smallest absolute Gasteiger partial charge is 0.323 e. The third-order valence-corrected chi connectivity index (χ3v) is 2.92. The third-order valence-electron chi connectivity index (χ3n) is 2.06. The first-order valence-electron chi connectivity index (χ1n) is 5.57. The van der Waals surface area contributed by atoms with Crippen LogP contribution in [0.25, 0.3) is 0 Å². The monoisotopic (exact) mass is 272 g/mol. The fraction of sp³-hybridized carbons (Fsp3) is 0.667. The molecule has 102 valence electrons. The number of urea groups is 1. The maximum atomic E-state index is 11.9. The Kier molecular flexibility index (Phi) is 7.29. The highest BCUT2D eigenvalue weighted by Crippen LogP contribution is 2.12. The summed E-state index contributed by atoms with van der Waals surface area (Å²) in [5.74, 6) is 2.78. The molecule has 0 atom stereocenters. The summed E-state index contributed by atoms with van der Waals surface area (Å²) in [5, 5.41) is 11.5. The number of amides is 2. The Morgan fingerprint density at radius 3 is 2.50 bits per heavy atom. The van der Waals surface area contributed by atoms with E-state index in [1.807, 2.05) is 0 Å². The van der Waals surface area contributed by atoms with E-state index in [9.17, 15) is 9.59 Å². The van der Waals surface area contributed by atoms with E-state index in [2.05, 4.69) is 11.2 Å². The largest absolute Gasteiger partial charge is 0.480 e. The normalized spacial score (nSPS) is 10.6. The second-order valence-corrected chi connectivity index (χ2v) is 5.74. The first-order valence-corrected chi connectivity index (χ1v) is 6.73. The summed E-state index contributed by atoms with van der Waals surface area (Å²) in [6.07, 6.45) is 5.10. The molecule has 2 amide bonds. The molecule has 0 aromatic heterocycles. The predicted octanol–water partition coefficient (Wildman–Crippen LogP) is 1.25. The molecule has 0 aromatic carbocycles. The number of hydrogen-bond acceptors (Lipinski definition) is 3. The van der Waals surface area contributed by atoms with E-state index >= 15 is 0 Å². The van der Waals surface area contributed by atoms with Crippen LogP contribution in [0.1, 0.15) is 20.8 Å². The van der Waals surface area contributed by atoms with E-state index < -0.39 is 11.5 Å². The van der Waals surface area contributed by atoms with Gasteiger partial charge in [-0.1, -0.05) is 5.92 Å². The fourth-order valence-electron chi connectivity index (χ4n) is 1.21. The highest BCUT2D eigenvalue weighted by molar-refractivity contribution is 7.99. The lowest BCUT2D eigenvalue weighted by Crippen LogP contribution is -2.52. The van der Waals surface area contributed by atoms with Gasteiger partial charge in [-0.05, 0) is 20.8 Å². The number of nitrogens with zero attached hydrogens (tertiary/aromatic N) is 1. The van der Waals surface area contributed by atoms with E-state index in [-0.39, 0.29) is 12.6 Å². The summed E-state index contributed by atoms with van der Waals surface area (Å²) in [6, 6.07) is -0.369. The standard InChI is InChI=1S/C12H20N2O3S/c1-5-7-18-8-6-13-11(17)14(9-10(15)16)12(2,3)4/h1H,6-9H2,2-4H3,(H,13,17)(H,15,16). The topological polar surface area (TPSA) is 69.6 Å². The van der Waals surface area contributed by atoms with Crippen molar-refractivity contribution in [1.29, 1.82) is 0 Å². The summed E-state index contributed by atoms with van der Waals surface area (Å²) in [5.41, 5.74) is -0.533. The number of terminal acetylenes is 1. The van der Waals surface area contributed by atoms with Crippen LogP contribution in [0.15, 0.2) is 0 Å². The lowest BCUT2D eigenvalue weighted by Gasteiger charge is -2.34. The van der Waals surface area contributed by atoms with Gasteiger partial charge in [0.1, 0.15) is 6.54 Å². The first kappa shape index (κ1) is 16.6. The second kappa shape index (κ2) is 7.88. The van der Waals surface area contributed by atoms with Crippen LogP contribution < -0.4 is 5.32 Å². The van der Waals surface area contributed by atoms with Crippen LogP contribution in [0.5, 0.6) is 0 Å². The van der Waals surface area contributed by atoms with Crippen molar-refractivity contribution >= 4 is 23.8 Å². The number of carboxylic acid groups (broad SMARTS) is 1. The van der Waals surface area contributed by atoms with Crippen molar-refractivity contribution in [2.45, 2.75) is 26.3 Å². The van der Waals surface area contributed by atoms with Crippen LogP contribution in [0, 0.1) is 12.3 Å². The van der Waals surface area contributed by atoms with Crippen LogP contribution >= 0.6 is 11.8 Å². The number of carboxylic acids is 1. The molecular weight excluding hydrogens is 252 g/mol. The number of carbonyl (C=O) groups is 2. The molecule has 18 heavy (non-hydrogen) atoms. The minimum atomic E-state index is -1.03. The van der Waals surface area contributed by atoms with Gasteiger partial charge in [-0.2, -0.15) is 0 Å². The molecule has 2 N–H and O–H groups in total. The molecule has 0 spiro atoms. The average Bonchev–Trinajstić information content (AvgIpc) is 2.23. The zero-order valence-corrected chi connectivity index (χ0v) is 11.8. The fourth-order valence-corrected chi connectivity index (χ4v) is 1.71. The van der Waals surface area contributed by atoms with Crippen LogP contribution in [0.4, 0.5) is 4.79 Å². The summed E-state index contributed by atoms with van der Waals surface area (Å²) in [6.45, 7) is 5.54. The van der Waals surface area contributed by atoms with Gasteiger partial charge >= 0.3 is 12.0 Å². The van der Waals surface area contributed by atoms with Gasteiger partial charge in [0, 0.05) is 17.8 Å². The van der Waals surface area contributed by atoms with Crippen molar-refractivity contribution in [3.05, 3.63) is 0 Å². The van der Waals surface area contributed by atoms with Gasteiger partial charge in [0.25, 0.3) is 0 Å². The van der Waals surface area contributed by atoms with E-state index in [1.54, 1.807) is 32.5 Å². The van der Waals surface area contributed by atoms with Crippen molar-refractivity contribution in [1.82, 2.24) is 10.2 Å². The Hall–Kier alpha value is -1.35. The number of carbonyl (C=O) groups excluding carboxylic acids is 1. The zero-order valence-electron chi connectivity index (χ0n) is 11.0. The van der Waals surface area contributed by atoms with Crippen molar-refractivity contribution < 1.29 is 14.7 Å². The Morgan fingerprint density at radius 1 is 1.44 bits per heavy atom. The number of nitrogens with one attached hydrogen (secondary N) is 1. The Balaban J connectivity index is 4.23. The van der Waals surface area contributed by atoms with Crippen molar-refractivity contribution in [3.63, 3.8) is 0 Å². The first-order chi connectivity index (χ1) is 8.29. The Labute approximate surface area is 112 Å². The van der Waals surface area contributed by atoms with E-state index in [0.29, 0.717) is 18.1 Å². The van der Waals surface area contributed by atoms with Gasteiger partial charge in [-0.15, -0.1) is 18.2 Å². The summed E-state index contributed by atoms with van der Waals surface area (Å²) < 4.78 is 0. The lowest BCUT2D eigenvalue weighted by atomic mass is 10.1. The molecule has 6 heteroatoms. The molecule has 5 nitrogen and oxygen atoms in total. The number of thioether (sulfide) groups is 1. The van der Waals surface area contributed by atoms with Crippen LogP contribution in [0.2, 0.25) is 0 Å². The highest BCUT2D eigenvalue weighted by Gasteiger charge is 2.27. The maximum absolute atomic E-state index is 11.9. The van der Waals surface area contributed by atoms with Gasteiger partial charge in [-0.25, -0.2) is 4.79 Å². The van der Waals surface area contributed by atoms with E-state index in [1.165, 1.54) is 4.90 Å². The van der Waals surface area contributed by atoms with Crippen molar-refractivity contribution in [2.75, 3.05) is 24.6 Å². The molecular formula is C12H20N2O3S. The van der Waals surface area contributed by atoms with Crippen LogP contribution in [-0.4, -0.2) is 52.1 Å². The Morgan fingerprint density at radius 2 is 2.06 bits per heavy atom. The number of aliphatic carboxylic acids is 1.